The Bertz CT molecular complexity index is 1270. The summed E-state index contributed by atoms with van der Waals surface area (Å²) in [4.78, 5) is 23.0. The first kappa shape index (κ1) is 17.3. The summed E-state index contributed by atoms with van der Waals surface area (Å²) in [6.07, 6.45) is 0. The molecule has 1 aromatic heterocycles. The molecule has 0 atom stereocenters. The maximum atomic E-state index is 12.7. The molecule has 0 aliphatic rings. The highest BCUT2D eigenvalue weighted by molar-refractivity contribution is 5.85. The maximum Gasteiger partial charge on any atom is 0.299 e. The number of rotatable bonds is 4. The van der Waals surface area contributed by atoms with E-state index >= 15 is 0 Å². The van der Waals surface area contributed by atoms with Crippen molar-refractivity contribution in [1.29, 1.82) is 0 Å². The zero-order valence-corrected chi connectivity index (χ0v) is 14.9. The molecule has 1 N–H and O–H groups in total. The molecule has 0 radical (unpaired) electrons. The van der Waals surface area contributed by atoms with E-state index < -0.39 is 4.92 Å². The Morgan fingerprint density at radius 1 is 0.964 bits per heavy atom. The number of hydrogen-bond donors (Lipinski definition) is 1. The van der Waals surface area contributed by atoms with Crippen LogP contribution in [0.15, 0.2) is 81.8 Å². The molecule has 0 saturated heterocycles. The van der Waals surface area contributed by atoms with Crippen LogP contribution in [-0.2, 0) is 0 Å². The van der Waals surface area contributed by atoms with Gasteiger partial charge in [0.05, 0.1) is 22.0 Å². The van der Waals surface area contributed by atoms with Crippen LogP contribution >= 0.6 is 0 Å². The Kier molecular flexibility index (Phi) is 4.29. The number of aryl methyl sites for hydroxylation is 1. The minimum Gasteiger partial charge on any atom is -0.293 e. The Morgan fingerprint density at radius 2 is 1.68 bits per heavy atom. The first-order chi connectivity index (χ1) is 13.5. The second kappa shape index (κ2) is 6.92. The van der Waals surface area contributed by atoms with Crippen LogP contribution in [0.25, 0.3) is 16.5 Å². The third-order valence-electron chi connectivity index (χ3n) is 4.36. The number of nitrogens with one attached hydrogen (secondary N) is 1. The van der Waals surface area contributed by atoms with E-state index in [1.807, 2.05) is 42.5 Å². The van der Waals surface area contributed by atoms with Crippen LogP contribution < -0.4 is 5.56 Å². The minimum absolute atomic E-state index is 0.0451. The fourth-order valence-corrected chi connectivity index (χ4v) is 2.91. The average molecular weight is 373 g/mol. The smallest absolute Gasteiger partial charge is 0.293 e. The van der Waals surface area contributed by atoms with Crippen molar-refractivity contribution >= 4 is 27.8 Å². The van der Waals surface area contributed by atoms with Crippen molar-refractivity contribution < 1.29 is 4.92 Å². The Balaban J connectivity index is 1.67. The lowest BCUT2D eigenvalue weighted by Gasteiger charge is -2.00. The predicted molar refractivity (Wildman–Crippen MR) is 106 cm³/mol. The number of non-ortho nitro benzene ring substituents is 1. The van der Waals surface area contributed by atoms with Gasteiger partial charge in [0.25, 0.3) is 11.2 Å². The van der Waals surface area contributed by atoms with Crippen LogP contribution in [0.4, 0.5) is 17.1 Å². The highest BCUT2D eigenvalue weighted by atomic mass is 16.6. The molecule has 1 heterocycles. The Labute approximate surface area is 158 Å². The van der Waals surface area contributed by atoms with E-state index in [4.69, 9.17) is 0 Å². The number of nitro benzene ring substituents is 1. The largest absolute Gasteiger partial charge is 0.299 e. The van der Waals surface area contributed by atoms with Gasteiger partial charge in [-0.15, -0.1) is 5.11 Å². The van der Waals surface area contributed by atoms with Gasteiger partial charge in [-0.25, -0.2) is 4.68 Å². The molecule has 8 nitrogen and oxygen atoms in total. The minimum atomic E-state index is -0.490. The summed E-state index contributed by atoms with van der Waals surface area (Å²) in [5.74, 6) is 0. The van der Waals surface area contributed by atoms with E-state index in [0.717, 1.165) is 10.8 Å². The first-order valence-corrected chi connectivity index (χ1v) is 8.50. The molecule has 4 rings (SSSR count). The number of fused-ring (bicyclic) bond motifs is 1. The molecule has 28 heavy (non-hydrogen) atoms. The quantitative estimate of drug-likeness (QED) is 0.311. The van der Waals surface area contributed by atoms with E-state index in [-0.39, 0.29) is 16.9 Å². The third kappa shape index (κ3) is 3.18. The van der Waals surface area contributed by atoms with Gasteiger partial charge in [-0.3, -0.25) is 20.0 Å². The van der Waals surface area contributed by atoms with Crippen molar-refractivity contribution in [3.8, 4) is 5.69 Å². The summed E-state index contributed by atoms with van der Waals surface area (Å²) in [6, 6.07) is 19.3. The normalized spacial score (nSPS) is 11.3. The zero-order chi connectivity index (χ0) is 19.7. The number of aromatic amines is 1. The summed E-state index contributed by atoms with van der Waals surface area (Å²) in [5, 5.41) is 24.2. The number of aromatic nitrogens is 2. The van der Waals surface area contributed by atoms with Crippen molar-refractivity contribution in [1.82, 2.24) is 9.78 Å². The predicted octanol–water partition coefficient (Wildman–Crippen LogP) is 4.95. The van der Waals surface area contributed by atoms with Crippen molar-refractivity contribution in [2.75, 3.05) is 0 Å². The molecule has 0 aliphatic heterocycles. The molecule has 8 heteroatoms. The number of benzene rings is 3. The molecule has 0 amide bonds. The van der Waals surface area contributed by atoms with Crippen LogP contribution in [0, 0.1) is 17.0 Å². The third-order valence-corrected chi connectivity index (χ3v) is 4.36. The van der Waals surface area contributed by atoms with Crippen LogP contribution in [0.2, 0.25) is 0 Å². The van der Waals surface area contributed by atoms with Gasteiger partial charge >= 0.3 is 0 Å². The summed E-state index contributed by atoms with van der Waals surface area (Å²) in [5.41, 5.74) is 1.43. The Hall–Kier alpha value is -4.07. The fraction of sp³-hybridized carbons (Fsp3) is 0.0500. The molecule has 138 valence electrons. The number of nitrogens with zero attached hydrogens (tertiary/aromatic N) is 4. The summed E-state index contributed by atoms with van der Waals surface area (Å²) >= 11 is 0. The molecule has 4 aromatic rings. The lowest BCUT2D eigenvalue weighted by atomic mass is 10.1. The SMILES string of the molecule is Cc1[nH]n(-c2ccc([N+](=O)[O-])cc2)c(=O)c1N=Nc1ccc2ccccc2c1. The van der Waals surface area contributed by atoms with E-state index in [1.165, 1.54) is 28.9 Å². The van der Waals surface area contributed by atoms with E-state index in [2.05, 4.69) is 15.3 Å². The summed E-state index contributed by atoms with van der Waals surface area (Å²) in [7, 11) is 0. The Morgan fingerprint density at radius 3 is 2.39 bits per heavy atom. The lowest BCUT2D eigenvalue weighted by Crippen LogP contribution is -2.13. The van der Waals surface area contributed by atoms with Gasteiger partial charge in [0.15, 0.2) is 5.69 Å². The number of hydrogen-bond acceptors (Lipinski definition) is 5. The number of nitro groups is 1. The number of H-pyrrole nitrogens is 1. The van der Waals surface area contributed by atoms with Gasteiger partial charge in [0.2, 0.25) is 0 Å². The zero-order valence-electron chi connectivity index (χ0n) is 14.9. The van der Waals surface area contributed by atoms with Gasteiger partial charge in [-0.2, -0.15) is 5.11 Å². The average Bonchev–Trinajstić information content (AvgIpc) is 3.00. The van der Waals surface area contributed by atoms with Gasteiger partial charge in [0, 0.05) is 12.1 Å². The molecule has 0 unspecified atom stereocenters. The second-order valence-electron chi connectivity index (χ2n) is 6.23. The van der Waals surface area contributed by atoms with Gasteiger partial charge < -0.3 is 0 Å². The van der Waals surface area contributed by atoms with Crippen LogP contribution in [0.5, 0.6) is 0 Å². The molecule has 0 spiro atoms. The van der Waals surface area contributed by atoms with Gasteiger partial charge in [-0.1, -0.05) is 30.3 Å². The van der Waals surface area contributed by atoms with E-state index in [1.54, 1.807) is 6.92 Å². The molecule has 0 saturated carbocycles. The van der Waals surface area contributed by atoms with Gasteiger partial charge in [-0.05, 0) is 42.0 Å². The van der Waals surface area contributed by atoms with E-state index in [9.17, 15) is 14.9 Å². The topological polar surface area (TPSA) is 106 Å². The maximum absolute atomic E-state index is 12.7. The molecule has 3 aromatic carbocycles. The summed E-state index contributed by atoms with van der Waals surface area (Å²) in [6.45, 7) is 1.72. The molecule has 0 aliphatic carbocycles. The highest BCUT2D eigenvalue weighted by Crippen LogP contribution is 2.23. The molecular formula is C20H15N5O3. The summed E-state index contributed by atoms with van der Waals surface area (Å²) < 4.78 is 1.29. The van der Waals surface area contributed by atoms with Crippen molar-refractivity contribution in [2.45, 2.75) is 6.92 Å². The van der Waals surface area contributed by atoms with Crippen molar-refractivity contribution in [3.05, 3.63) is 92.9 Å². The van der Waals surface area contributed by atoms with Crippen molar-refractivity contribution in [2.24, 2.45) is 10.2 Å². The monoisotopic (exact) mass is 373 g/mol. The standard InChI is InChI=1S/C20H15N5O3/c1-13-19(22-21-16-7-6-14-4-2-3-5-15(14)12-16)20(26)24(23-13)17-8-10-18(11-9-17)25(27)28/h2-12,23H,1H3. The second-order valence-corrected chi connectivity index (χ2v) is 6.23. The molecular weight excluding hydrogens is 358 g/mol. The van der Waals surface area contributed by atoms with Crippen LogP contribution in [-0.4, -0.2) is 14.7 Å². The first-order valence-electron chi connectivity index (χ1n) is 8.50. The van der Waals surface area contributed by atoms with E-state index in [0.29, 0.717) is 17.1 Å². The van der Waals surface area contributed by atoms with Crippen LogP contribution in [0.3, 0.4) is 0 Å². The highest BCUT2D eigenvalue weighted by Gasteiger charge is 2.13. The number of azo groups is 1. The fourth-order valence-electron chi connectivity index (χ4n) is 2.91. The molecule has 0 bridgehead atoms. The lowest BCUT2D eigenvalue weighted by molar-refractivity contribution is -0.384. The van der Waals surface area contributed by atoms with Gasteiger partial charge in [0.1, 0.15) is 0 Å². The molecule has 0 fully saturated rings. The van der Waals surface area contributed by atoms with Crippen LogP contribution in [0.1, 0.15) is 5.69 Å². The van der Waals surface area contributed by atoms with Crippen molar-refractivity contribution in [3.63, 3.8) is 0 Å².